The van der Waals surface area contributed by atoms with Crippen molar-refractivity contribution in [2.75, 3.05) is 52.4 Å². The molecule has 8 heteroatoms. The van der Waals surface area contributed by atoms with E-state index in [0.29, 0.717) is 12.6 Å². The predicted octanol–water partition coefficient (Wildman–Crippen LogP) is 2.84. The Kier molecular flexibility index (Phi) is 9.73. The van der Waals surface area contributed by atoms with E-state index in [1.165, 1.54) is 38.6 Å². The van der Waals surface area contributed by atoms with Gasteiger partial charge in [0.2, 0.25) is 0 Å². The Morgan fingerprint density at radius 1 is 1.20 bits per heavy atom. The number of nitrogens with one attached hydrogen (secondary N) is 2. The highest BCUT2D eigenvalue weighted by atomic mass is 127. The van der Waals surface area contributed by atoms with Crippen molar-refractivity contribution in [1.29, 1.82) is 0 Å². The first kappa shape index (κ1) is 23.8. The molecule has 3 aliphatic heterocycles. The number of rotatable bonds is 7. The zero-order chi connectivity index (χ0) is 19.9. The lowest BCUT2D eigenvalue weighted by Crippen LogP contribution is -2.51. The molecule has 3 aliphatic rings. The summed E-state index contributed by atoms with van der Waals surface area (Å²) in [6.45, 7) is 9.82. The minimum atomic E-state index is 0. The Bertz CT molecular complexity index is 635. The maximum absolute atomic E-state index is 6.09. The standard InChI is InChI=1S/C22H37N5O2.HI/c1-2-23-22(24-14-19-16-27-12-6-8-18(27)17-29-19)25-15-20(21-9-7-13-28-21)26-10-4-3-5-11-26;/h7,9,13,18-20H,2-6,8,10-12,14-17H2,1H3,(H2,23,24,25);1H. The van der Waals surface area contributed by atoms with Gasteiger partial charge in [0.05, 0.1) is 31.6 Å². The molecule has 0 radical (unpaired) electrons. The van der Waals surface area contributed by atoms with Gasteiger partial charge in [-0.3, -0.25) is 14.8 Å². The number of morpholine rings is 1. The lowest BCUT2D eigenvalue weighted by molar-refractivity contribution is -0.0453. The van der Waals surface area contributed by atoms with Crippen LogP contribution in [-0.2, 0) is 4.74 Å². The SMILES string of the molecule is CCNC(=NCC(c1ccco1)N1CCCCC1)NCC1CN2CCCC2CO1.I. The summed E-state index contributed by atoms with van der Waals surface area (Å²) in [4.78, 5) is 10.0. The van der Waals surface area contributed by atoms with Gasteiger partial charge < -0.3 is 19.8 Å². The predicted molar refractivity (Wildman–Crippen MR) is 131 cm³/mol. The molecule has 0 aromatic carbocycles. The van der Waals surface area contributed by atoms with Crippen LogP contribution in [0.4, 0.5) is 0 Å². The van der Waals surface area contributed by atoms with Gasteiger partial charge in [0, 0.05) is 25.7 Å². The topological polar surface area (TPSA) is 65.3 Å². The van der Waals surface area contributed by atoms with E-state index in [1.807, 2.05) is 6.07 Å². The number of hydrogen-bond donors (Lipinski definition) is 2. The average Bonchev–Trinajstić information content (AvgIpc) is 3.44. The number of piperidine rings is 1. The molecule has 0 bridgehead atoms. The molecule has 2 N–H and O–H groups in total. The van der Waals surface area contributed by atoms with E-state index in [0.717, 1.165) is 51.1 Å². The Morgan fingerprint density at radius 2 is 2.07 bits per heavy atom. The van der Waals surface area contributed by atoms with Crippen LogP contribution in [-0.4, -0.2) is 80.3 Å². The van der Waals surface area contributed by atoms with Gasteiger partial charge in [-0.25, -0.2) is 0 Å². The minimum absolute atomic E-state index is 0. The monoisotopic (exact) mass is 531 g/mol. The van der Waals surface area contributed by atoms with Gasteiger partial charge in [-0.1, -0.05) is 6.42 Å². The number of hydrogen-bond acceptors (Lipinski definition) is 5. The summed E-state index contributed by atoms with van der Waals surface area (Å²) in [6, 6.07) is 4.91. The van der Waals surface area contributed by atoms with Gasteiger partial charge in [0.15, 0.2) is 5.96 Å². The number of aliphatic imine (C=N–C) groups is 1. The molecule has 3 fully saturated rings. The molecule has 0 amide bonds. The first-order valence-electron chi connectivity index (χ1n) is 11.5. The zero-order valence-electron chi connectivity index (χ0n) is 18.2. The summed E-state index contributed by atoms with van der Waals surface area (Å²) < 4.78 is 11.8. The highest BCUT2D eigenvalue weighted by molar-refractivity contribution is 14.0. The molecule has 1 aromatic heterocycles. The molecular formula is C22H38IN5O2. The van der Waals surface area contributed by atoms with Gasteiger partial charge in [-0.2, -0.15) is 0 Å². The second kappa shape index (κ2) is 12.3. The molecule has 3 atom stereocenters. The van der Waals surface area contributed by atoms with Crippen LogP contribution in [0.3, 0.4) is 0 Å². The number of guanidine groups is 1. The summed E-state index contributed by atoms with van der Waals surface area (Å²) >= 11 is 0. The van der Waals surface area contributed by atoms with Crippen molar-refractivity contribution in [2.45, 2.75) is 57.2 Å². The van der Waals surface area contributed by atoms with Crippen molar-refractivity contribution in [1.82, 2.24) is 20.4 Å². The van der Waals surface area contributed by atoms with E-state index in [2.05, 4.69) is 33.4 Å². The zero-order valence-corrected chi connectivity index (χ0v) is 20.6. The molecule has 4 heterocycles. The van der Waals surface area contributed by atoms with Crippen LogP contribution in [0.1, 0.15) is 50.8 Å². The molecule has 30 heavy (non-hydrogen) atoms. The third kappa shape index (κ3) is 6.34. The fraction of sp³-hybridized carbons (Fsp3) is 0.773. The molecule has 7 nitrogen and oxygen atoms in total. The van der Waals surface area contributed by atoms with Crippen molar-refractivity contribution in [2.24, 2.45) is 4.99 Å². The maximum Gasteiger partial charge on any atom is 0.191 e. The van der Waals surface area contributed by atoms with Crippen LogP contribution in [0, 0.1) is 0 Å². The van der Waals surface area contributed by atoms with Crippen LogP contribution in [0.25, 0.3) is 0 Å². The number of furan rings is 1. The van der Waals surface area contributed by atoms with Crippen LogP contribution in [0.15, 0.2) is 27.8 Å². The molecule has 4 rings (SSSR count). The Hall–Kier alpha value is -0.840. The highest BCUT2D eigenvalue weighted by Crippen LogP contribution is 2.25. The summed E-state index contributed by atoms with van der Waals surface area (Å²) in [5.41, 5.74) is 0. The molecule has 3 unspecified atom stereocenters. The van der Waals surface area contributed by atoms with Crippen LogP contribution in [0.5, 0.6) is 0 Å². The van der Waals surface area contributed by atoms with Gasteiger partial charge in [-0.15, -0.1) is 24.0 Å². The van der Waals surface area contributed by atoms with E-state index in [9.17, 15) is 0 Å². The lowest BCUT2D eigenvalue weighted by Gasteiger charge is -2.35. The Labute approximate surface area is 198 Å². The van der Waals surface area contributed by atoms with E-state index in [-0.39, 0.29) is 36.1 Å². The number of halogens is 1. The fourth-order valence-electron chi connectivity index (χ4n) is 4.84. The summed E-state index contributed by atoms with van der Waals surface area (Å²) in [5, 5.41) is 6.90. The van der Waals surface area contributed by atoms with Gasteiger partial charge in [-0.05, 0) is 64.4 Å². The van der Waals surface area contributed by atoms with Crippen molar-refractivity contribution in [3.63, 3.8) is 0 Å². The normalized spacial score (nSPS) is 26.6. The van der Waals surface area contributed by atoms with E-state index >= 15 is 0 Å². The van der Waals surface area contributed by atoms with E-state index in [1.54, 1.807) is 6.26 Å². The van der Waals surface area contributed by atoms with Crippen LogP contribution < -0.4 is 10.6 Å². The number of likely N-dealkylation sites (tertiary alicyclic amines) is 1. The first-order chi connectivity index (χ1) is 14.3. The lowest BCUT2D eigenvalue weighted by atomic mass is 10.1. The van der Waals surface area contributed by atoms with Crippen LogP contribution in [0.2, 0.25) is 0 Å². The highest BCUT2D eigenvalue weighted by Gasteiger charge is 2.32. The molecule has 1 aromatic rings. The molecule has 0 spiro atoms. The summed E-state index contributed by atoms with van der Waals surface area (Å²) in [6.07, 6.45) is 8.44. The van der Waals surface area contributed by atoms with Crippen molar-refractivity contribution >= 4 is 29.9 Å². The van der Waals surface area contributed by atoms with Gasteiger partial charge in [0.25, 0.3) is 0 Å². The smallest absolute Gasteiger partial charge is 0.191 e. The number of fused-ring (bicyclic) bond motifs is 1. The van der Waals surface area contributed by atoms with Gasteiger partial charge in [0.1, 0.15) is 5.76 Å². The second-order valence-electron chi connectivity index (χ2n) is 8.47. The minimum Gasteiger partial charge on any atom is -0.468 e. The van der Waals surface area contributed by atoms with E-state index < -0.39 is 0 Å². The largest absolute Gasteiger partial charge is 0.468 e. The summed E-state index contributed by atoms with van der Waals surface area (Å²) in [5.74, 6) is 1.88. The fourth-order valence-corrected chi connectivity index (χ4v) is 4.84. The van der Waals surface area contributed by atoms with Crippen molar-refractivity contribution < 1.29 is 9.15 Å². The number of nitrogens with zero attached hydrogens (tertiary/aromatic N) is 3. The molecule has 0 aliphatic carbocycles. The maximum atomic E-state index is 6.09. The Morgan fingerprint density at radius 3 is 2.83 bits per heavy atom. The molecule has 0 saturated carbocycles. The third-order valence-electron chi connectivity index (χ3n) is 6.43. The second-order valence-corrected chi connectivity index (χ2v) is 8.47. The number of ether oxygens (including phenoxy) is 1. The molecule has 3 saturated heterocycles. The van der Waals surface area contributed by atoms with Crippen molar-refractivity contribution in [3.05, 3.63) is 24.2 Å². The molecular weight excluding hydrogens is 493 g/mol. The average molecular weight is 531 g/mol. The van der Waals surface area contributed by atoms with Gasteiger partial charge >= 0.3 is 0 Å². The van der Waals surface area contributed by atoms with Crippen LogP contribution >= 0.6 is 24.0 Å². The summed E-state index contributed by atoms with van der Waals surface area (Å²) in [7, 11) is 0. The first-order valence-corrected chi connectivity index (χ1v) is 11.5. The molecule has 170 valence electrons. The van der Waals surface area contributed by atoms with E-state index in [4.69, 9.17) is 14.1 Å². The van der Waals surface area contributed by atoms with Crippen molar-refractivity contribution in [3.8, 4) is 0 Å². The Balaban J connectivity index is 0.00000256. The quantitative estimate of drug-likeness (QED) is 0.321. The third-order valence-corrected chi connectivity index (χ3v) is 6.43.